The SMILES string of the molecule is N#C/C(=C/c1ccc(OCc2ccc(F)cc2)cc1)C(=O)Nc1nnc(C(F)(F)F)s1. The number of alkyl halides is 3. The topological polar surface area (TPSA) is 87.9 Å². The van der Waals surface area contributed by atoms with Crippen molar-refractivity contribution in [1.29, 1.82) is 5.26 Å². The third kappa shape index (κ3) is 6.10. The van der Waals surface area contributed by atoms with Crippen molar-refractivity contribution in [2.75, 3.05) is 5.32 Å². The lowest BCUT2D eigenvalue weighted by Gasteiger charge is -2.07. The molecule has 0 unspecified atom stereocenters. The molecule has 0 spiro atoms. The second kappa shape index (κ2) is 9.36. The van der Waals surface area contributed by atoms with Crippen molar-refractivity contribution in [1.82, 2.24) is 10.2 Å². The molecule has 0 radical (unpaired) electrons. The molecule has 1 amide bonds. The van der Waals surface area contributed by atoms with Crippen molar-refractivity contribution in [3.05, 3.63) is 76.1 Å². The number of amides is 1. The Morgan fingerprint density at radius 1 is 1.13 bits per heavy atom. The van der Waals surface area contributed by atoms with Crippen LogP contribution in [0.25, 0.3) is 6.08 Å². The Morgan fingerprint density at radius 3 is 2.39 bits per heavy atom. The molecule has 0 aliphatic carbocycles. The minimum Gasteiger partial charge on any atom is -0.489 e. The quantitative estimate of drug-likeness (QED) is 0.332. The summed E-state index contributed by atoms with van der Waals surface area (Å²) in [6.45, 7) is 0.225. The van der Waals surface area contributed by atoms with Gasteiger partial charge in [-0.2, -0.15) is 18.4 Å². The van der Waals surface area contributed by atoms with Crippen molar-refractivity contribution >= 4 is 28.5 Å². The van der Waals surface area contributed by atoms with Crippen molar-refractivity contribution in [3.63, 3.8) is 0 Å². The first kappa shape index (κ1) is 21.9. The summed E-state index contributed by atoms with van der Waals surface area (Å²) in [5.74, 6) is -0.744. The van der Waals surface area contributed by atoms with E-state index in [9.17, 15) is 27.6 Å². The maximum atomic E-state index is 12.9. The molecule has 1 heterocycles. The second-order valence-corrected chi connectivity index (χ2v) is 7.00. The molecule has 158 valence electrons. The van der Waals surface area contributed by atoms with Gasteiger partial charge in [0.05, 0.1) is 0 Å². The van der Waals surface area contributed by atoms with Crippen LogP contribution in [0.3, 0.4) is 0 Å². The molecule has 11 heteroatoms. The molecule has 0 atom stereocenters. The normalized spacial score (nSPS) is 11.6. The van der Waals surface area contributed by atoms with Gasteiger partial charge in [0.1, 0.15) is 29.8 Å². The van der Waals surface area contributed by atoms with Crippen LogP contribution < -0.4 is 10.1 Å². The van der Waals surface area contributed by atoms with E-state index in [0.717, 1.165) is 5.56 Å². The fourth-order valence-corrected chi connectivity index (χ4v) is 2.88. The van der Waals surface area contributed by atoms with Crippen molar-refractivity contribution in [2.24, 2.45) is 0 Å². The minimum absolute atomic E-state index is 0.156. The maximum absolute atomic E-state index is 12.9. The van der Waals surface area contributed by atoms with E-state index in [2.05, 4.69) is 15.5 Å². The number of hydrogen-bond acceptors (Lipinski definition) is 6. The Morgan fingerprint density at radius 2 is 1.81 bits per heavy atom. The number of ether oxygens (including phenoxy) is 1. The number of carbonyl (C=O) groups excluding carboxylic acids is 1. The molecule has 0 aliphatic rings. The van der Waals surface area contributed by atoms with Crippen LogP contribution in [0, 0.1) is 17.1 Å². The lowest BCUT2D eigenvalue weighted by atomic mass is 10.1. The van der Waals surface area contributed by atoms with Gasteiger partial charge >= 0.3 is 6.18 Å². The number of nitrogens with one attached hydrogen (secondary N) is 1. The van der Waals surface area contributed by atoms with E-state index >= 15 is 0 Å². The smallest absolute Gasteiger partial charge is 0.445 e. The molecule has 1 aromatic heterocycles. The molecule has 0 saturated heterocycles. The molecule has 0 aliphatic heterocycles. The van der Waals surface area contributed by atoms with Gasteiger partial charge in [-0.25, -0.2) is 4.39 Å². The van der Waals surface area contributed by atoms with Gasteiger partial charge in [0.25, 0.3) is 5.91 Å². The average molecular weight is 448 g/mol. The van der Waals surface area contributed by atoms with Crippen molar-refractivity contribution in [2.45, 2.75) is 12.8 Å². The Bertz CT molecular complexity index is 1130. The molecular formula is C20H12F4N4O2S. The van der Waals surface area contributed by atoms with Crippen LogP contribution in [0.2, 0.25) is 0 Å². The van der Waals surface area contributed by atoms with Crippen molar-refractivity contribution in [3.8, 4) is 11.8 Å². The van der Waals surface area contributed by atoms with Crippen molar-refractivity contribution < 1.29 is 27.1 Å². The Balaban J connectivity index is 1.63. The van der Waals surface area contributed by atoms with Crippen LogP contribution in [0.15, 0.2) is 54.1 Å². The van der Waals surface area contributed by atoms with E-state index in [4.69, 9.17) is 4.74 Å². The molecule has 3 aromatic rings. The summed E-state index contributed by atoms with van der Waals surface area (Å²) in [5, 5.41) is 16.0. The summed E-state index contributed by atoms with van der Waals surface area (Å²) in [6, 6.07) is 14.0. The Labute approximate surface area is 177 Å². The molecule has 0 saturated carbocycles. The number of anilines is 1. The minimum atomic E-state index is -4.67. The zero-order chi connectivity index (χ0) is 22.4. The molecule has 31 heavy (non-hydrogen) atoms. The number of aromatic nitrogens is 2. The maximum Gasteiger partial charge on any atom is 0.445 e. The molecule has 0 fully saturated rings. The van der Waals surface area contributed by atoms with E-state index in [1.54, 1.807) is 42.5 Å². The largest absolute Gasteiger partial charge is 0.489 e. The van der Waals surface area contributed by atoms with Crippen LogP contribution >= 0.6 is 11.3 Å². The van der Waals surface area contributed by atoms with Gasteiger partial charge in [-0.05, 0) is 41.5 Å². The van der Waals surface area contributed by atoms with Gasteiger partial charge in [-0.3, -0.25) is 10.1 Å². The highest BCUT2D eigenvalue weighted by Gasteiger charge is 2.35. The standard InChI is InChI=1S/C20H12F4N4O2S/c21-15-5-1-13(2-6-15)11-30-16-7-3-12(4-8-16)9-14(10-25)17(29)26-19-28-27-18(31-19)20(22,23)24/h1-9H,11H2,(H,26,28,29)/b14-9-. The van der Waals surface area contributed by atoms with E-state index < -0.39 is 17.1 Å². The highest BCUT2D eigenvalue weighted by Crippen LogP contribution is 2.33. The number of carbonyl (C=O) groups is 1. The van der Waals surface area contributed by atoms with E-state index in [1.807, 2.05) is 0 Å². The van der Waals surface area contributed by atoms with Gasteiger partial charge in [0, 0.05) is 0 Å². The lowest BCUT2D eigenvalue weighted by molar-refractivity contribution is -0.138. The van der Waals surface area contributed by atoms with E-state index in [1.165, 1.54) is 18.2 Å². The summed E-state index contributed by atoms with van der Waals surface area (Å²) in [5.41, 5.74) is 0.942. The van der Waals surface area contributed by atoms with Gasteiger partial charge in [0.15, 0.2) is 0 Å². The van der Waals surface area contributed by atoms with Gasteiger partial charge in [-0.1, -0.05) is 35.6 Å². The number of benzene rings is 2. The highest BCUT2D eigenvalue weighted by molar-refractivity contribution is 7.15. The number of rotatable bonds is 6. The summed E-state index contributed by atoms with van der Waals surface area (Å²) >= 11 is 0.156. The van der Waals surface area contributed by atoms with Crippen LogP contribution in [0.1, 0.15) is 16.1 Å². The van der Waals surface area contributed by atoms with Crippen LogP contribution in [0.5, 0.6) is 5.75 Å². The second-order valence-electron chi connectivity index (χ2n) is 6.02. The number of nitrogens with zero attached hydrogens (tertiary/aromatic N) is 3. The average Bonchev–Trinajstić information content (AvgIpc) is 3.21. The molecule has 6 nitrogen and oxygen atoms in total. The molecule has 2 aromatic carbocycles. The monoisotopic (exact) mass is 448 g/mol. The first-order chi connectivity index (χ1) is 14.7. The third-order valence-corrected chi connectivity index (χ3v) is 4.65. The first-order valence-electron chi connectivity index (χ1n) is 8.56. The van der Waals surface area contributed by atoms with Gasteiger partial charge in [-0.15, -0.1) is 10.2 Å². The van der Waals surface area contributed by atoms with Gasteiger partial charge in [0.2, 0.25) is 10.1 Å². The van der Waals surface area contributed by atoms with Crippen LogP contribution in [-0.4, -0.2) is 16.1 Å². The van der Waals surface area contributed by atoms with E-state index in [0.29, 0.717) is 11.3 Å². The van der Waals surface area contributed by atoms with Crippen LogP contribution in [0.4, 0.5) is 22.7 Å². The summed E-state index contributed by atoms with van der Waals surface area (Å²) in [6.07, 6.45) is -3.40. The van der Waals surface area contributed by atoms with Crippen LogP contribution in [-0.2, 0) is 17.6 Å². The Hall–Kier alpha value is -3.78. The summed E-state index contributed by atoms with van der Waals surface area (Å²) in [4.78, 5) is 12.2. The molecule has 3 rings (SSSR count). The van der Waals surface area contributed by atoms with Gasteiger partial charge < -0.3 is 4.74 Å². The number of halogens is 4. The highest BCUT2D eigenvalue weighted by atomic mass is 32.1. The molecule has 0 bridgehead atoms. The van der Waals surface area contributed by atoms with E-state index in [-0.39, 0.29) is 34.5 Å². The lowest BCUT2D eigenvalue weighted by Crippen LogP contribution is -2.13. The predicted molar refractivity (Wildman–Crippen MR) is 104 cm³/mol. The zero-order valence-corrected chi connectivity index (χ0v) is 16.3. The molecular weight excluding hydrogens is 436 g/mol. The summed E-state index contributed by atoms with van der Waals surface area (Å²) in [7, 11) is 0. The fourth-order valence-electron chi connectivity index (χ4n) is 2.28. The first-order valence-corrected chi connectivity index (χ1v) is 9.37. The number of hydrogen-bond donors (Lipinski definition) is 1. The third-order valence-electron chi connectivity index (χ3n) is 3.76. The molecule has 1 N–H and O–H groups in total. The Kier molecular flexibility index (Phi) is 6.61. The summed E-state index contributed by atoms with van der Waals surface area (Å²) < 4.78 is 56.2. The predicted octanol–water partition coefficient (Wildman–Crippen LogP) is 4.82. The number of nitriles is 1. The fraction of sp³-hybridized carbons (Fsp3) is 0.100. The zero-order valence-electron chi connectivity index (χ0n) is 15.5.